The van der Waals surface area contributed by atoms with Crippen LogP contribution in [0.3, 0.4) is 0 Å². The number of hydrogen-bond acceptors (Lipinski definition) is 3. The van der Waals surface area contributed by atoms with E-state index in [0.29, 0.717) is 6.42 Å². The van der Waals surface area contributed by atoms with Crippen molar-refractivity contribution in [2.75, 3.05) is 0 Å². The van der Waals surface area contributed by atoms with Gasteiger partial charge in [-0.1, -0.05) is 77.6 Å². The second-order valence-electron chi connectivity index (χ2n) is 5.82. The molecule has 0 amide bonds. The molecule has 0 fully saturated rings. The number of aliphatic carboxylic acids is 1. The summed E-state index contributed by atoms with van der Waals surface area (Å²) in [7, 11) is 0. The molecule has 0 aromatic carbocycles. The molecule has 21 heavy (non-hydrogen) atoms. The van der Waals surface area contributed by atoms with Crippen molar-refractivity contribution >= 4 is 5.97 Å². The van der Waals surface area contributed by atoms with Gasteiger partial charge in [0.25, 0.3) is 0 Å². The second kappa shape index (κ2) is 13.8. The van der Waals surface area contributed by atoms with Gasteiger partial charge in [0, 0.05) is 11.3 Å². The van der Waals surface area contributed by atoms with Gasteiger partial charge in [-0.2, -0.15) is 0 Å². The maximum absolute atomic E-state index is 10.6. The van der Waals surface area contributed by atoms with Gasteiger partial charge in [0.05, 0.1) is 0 Å². The highest BCUT2D eigenvalue weighted by Gasteiger charge is 2.27. The first-order valence-electron chi connectivity index (χ1n) is 8.46. The molecule has 0 aromatic rings. The lowest BCUT2D eigenvalue weighted by Crippen LogP contribution is -2.28. The molecule has 1 unspecified atom stereocenters. The summed E-state index contributed by atoms with van der Waals surface area (Å²) in [6.45, 7) is 2.23. The van der Waals surface area contributed by atoms with Crippen LogP contribution in [0.15, 0.2) is 0 Å². The van der Waals surface area contributed by atoms with Crippen molar-refractivity contribution in [3.05, 3.63) is 10.1 Å². The van der Waals surface area contributed by atoms with E-state index < -0.39 is 16.9 Å². The lowest BCUT2D eigenvalue weighted by Gasteiger charge is -2.05. The molecule has 1 atom stereocenters. The average molecular weight is 301 g/mol. The Balaban J connectivity index is 3.29. The van der Waals surface area contributed by atoms with Crippen molar-refractivity contribution in [3.63, 3.8) is 0 Å². The van der Waals surface area contributed by atoms with E-state index in [1.54, 1.807) is 0 Å². The van der Waals surface area contributed by atoms with Crippen LogP contribution in [0, 0.1) is 10.1 Å². The van der Waals surface area contributed by atoms with Crippen LogP contribution in [0.1, 0.15) is 90.4 Å². The molecule has 0 aliphatic heterocycles. The third-order valence-electron chi connectivity index (χ3n) is 3.87. The molecule has 5 heteroatoms. The number of unbranched alkanes of at least 4 members (excludes halogenated alkanes) is 11. The van der Waals surface area contributed by atoms with Gasteiger partial charge in [-0.15, -0.1) is 0 Å². The fraction of sp³-hybridized carbons (Fsp3) is 0.938. The van der Waals surface area contributed by atoms with Gasteiger partial charge in [-0.3, -0.25) is 10.1 Å². The van der Waals surface area contributed by atoms with Crippen LogP contribution >= 0.6 is 0 Å². The van der Waals surface area contributed by atoms with E-state index in [-0.39, 0.29) is 6.42 Å². The van der Waals surface area contributed by atoms with Crippen LogP contribution in [-0.2, 0) is 4.79 Å². The molecule has 0 radical (unpaired) electrons. The Morgan fingerprint density at radius 1 is 0.905 bits per heavy atom. The summed E-state index contributed by atoms with van der Waals surface area (Å²) in [4.78, 5) is 20.4. The zero-order valence-corrected chi connectivity index (χ0v) is 13.4. The highest BCUT2D eigenvalue weighted by Crippen LogP contribution is 2.13. The van der Waals surface area contributed by atoms with E-state index >= 15 is 0 Å². The molecule has 0 saturated carbocycles. The predicted molar refractivity (Wildman–Crippen MR) is 84.1 cm³/mol. The van der Waals surface area contributed by atoms with E-state index in [1.807, 2.05) is 0 Å². The SMILES string of the molecule is CCCCCCCCCCCCCCC(C(=O)O)[N+](=O)[O-]. The lowest BCUT2D eigenvalue weighted by atomic mass is 10.0. The minimum Gasteiger partial charge on any atom is -0.476 e. The molecular formula is C16H31NO4. The quantitative estimate of drug-likeness (QED) is 0.267. The monoisotopic (exact) mass is 301 g/mol. The van der Waals surface area contributed by atoms with Crippen LogP contribution in [0.5, 0.6) is 0 Å². The van der Waals surface area contributed by atoms with Crippen molar-refractivity contribution in [2.45, 2.75) is 96.4 Å². The van der Waals surface area contributed by atoms with E-state index in [1.165, 1.54) is 51.4 Å². The summed E-state index contributed by atoms with van der Waals surface area (Å²) >= 11 is 0. The number of nitrogens with zero attached hydrogens (tertiary/aromatic N) is 1. The van der Waals surface area contributed by atoms with Gasteiger partial charge >= 0.3 is 12.0 Å². The van der Waals surface area contributed by atoms with Gasteiger partial charge in [0.2, 0.25) is 0 Å². The molecule has 0 aliphatic carbocycles. The Kier molecular flexibility index (Phi) is 13.1. The summed E-state index contributed by atoms with van der Waals surface area (Å²) in [5.74, 6) is -1.32. The lowest BCUT2D eigenvalue weighted by molar-refractivity contribution is -0.511. The summed E-state index contributed by atoms with van der Waals surface area (Å²) in [6.07, 6.45) is 14.4. The molecule has 0 rings (SSSR count). The Bertz CT molecular complexity index is 267. The number of carboxylic acid groups (broad SMARTS) is 1. The Morgan fingerprint density at radius 2 is 1.29 bits per heavy atom. The van der Waals surface area contributed by atoms with E-state index in [0.717, 1.165) is 19.3 Å². The first-order valence-corrected chi connectivity index (χ1v) is 8.46. The highest BCUT2D eigenvalue weighted by atomic mass is 16.6. The van der Waals surface area contributed by atoms with Crippen LogP contribution in [0.2, 0.25) is 0 Å². The Labute approximate surface area is 128 Å². The third-order valence-corrected chi connectivity index (χ3v) is 3.87. The van der Waals surface area contributed by atoms with Crippen LogP contribution in [-0.4, -0.2) is 22.0 Å². The van der Waals surface area contributed by atoms with Gasteiger partial charge in [0.15, 0.2) is 0 Å². The minimum absolute atomic E-state index is 0.153. The van der Waals surface area contributed by atoms with Gasteiger partial charge in [-0.25, -0.2) is 4.79 Å². The fourth-order valence-corrected chi connectivity index (χ4v) is 2.50. The van der Waals surface area contributed by atoms with Crippen molar-refractivity contribution in [1.29, 1.82) is 0 Å². The van der Waals surface area contributed by atoms with Gasteiger partial charge in [0.1, 0.15) is 0 Å². The molecule has 0 aliphatic rings. The van der Waals surface area contributed by atoms with Crippen molar-refractivity contribution < 1.29 is 14.8 Å². The number of nitro groups is 1. The molecule has 5 nitrogen and oxygen atoms in total. The number of carbonyl (C=O) groups is 1. The van der Waals surface area contributed by atoms with E-state index in [2.05, 4.69) is 6.92 Å². The predicted octanol–water partition coefficient (Wildman–Crippen LogP) is 4.81. The van der Waals surface area contributed by atoms with E-state index in [4.69, 9.17) is 5.11 Å². The molecule has 0 heterocycles. The first-order chi connectivity index (χ1) is 10.1. The molecule has 0 aromatic heterocycles. The van der Waals surface area contributed by atoms with Gasteiger partial charge in [-0.05, 0) is 6.42 Å². The molecule has 1 N–H and O–H groups in total. The largest absolute Gasteiger partial charge is 0.476 e. The average Bonchev–Trinajstić information content (AvgIpc) is 2.43. The molecular weight excluding hydrogens is 270 g/mol. The first kappa shape index (κ1) is 19.9. The molecule has 0 saturated heterocycles. The number of carboxylic acids is 1. The van der Waals surface area contributed by atoms with Crippen molar-refractivity contribution in [3.8, 4) is 0 Å². The summed E-state index contributed by atoms with van der Waals surface area (Å²) in [5.41, 5.74) is 0. The number of rotatable bonds is 15. The minimum atomic E-state index is -1.42. The topological polar surface area (TPSA) is 80.4 Å². The second-order valence-corrected chi connectivity index (χ2v) is 5.82. The highest BCUT2D eigenvalue weighted by molar-refractivity contribution is 5.71. The maximum atomic E-state index is 10.6. The summed E-state index contributed by atoms with van der Waals surface area (Å²) < 4.78 is 0. The standard InChI is InChI=1S/C16H31NO4/c1-2-3-4-5-6-7-8-9-10-11-12-13-14-15(16(18)19)17(20)21/h15H,2-14H2,1H3,(H,18,19). The fourth-order valence-electron chi connectivity index (χ4n) is 2.50. The van der Waals surface area contributed by atoms with Crippen LogP contribution < -0.4 is 0 Å². The number of hydrogen-bond donors (Lipinski definition) is 1. The van der Waals surface area contributed by atoms with Gasteiger partial charge < -0.3 is 5.11 Å². The molecule has 0 bridgehead atoms. The van der Waals surface area contributed by atoms with Crippen molar-refractivity contribution in [2.24, 2.45) is 0 Å². The molecule has 124 valence electrons. The van der Waals surface area contributed by atoms with E-state index in [9.17, 15) is 14.9 Å². The smallest absolute Gasteiger partial charge is 0.379 e. The van der Waals surface area contributed by atoms with Crippen molar-refractivity contribution in [1.82, 2.24) is 0 Å². The van der Waals surface area contributed by atoms with Crippen LogP contribution in [0.4, 0.5) is 0 Å². The zero-order valence-electron chi connectivity index (χ0n) is 13.4. The Morgan fingerprint density at radius 3 is 1.62 bits per heavy atom. The summed E-state index contributed by atoms with van der Waals surface area (Å²) in [6, 6.07) is -1.42. The van der Waals surface area contributed by atoms with Crippen LogP contribution in [0.25, 0.3) is 0 Å². The molecule has 0 spiro atoms. The zero-order chi connectivity index (χ0) is 15.9. The third kappa shape index (κ3) is 12.3. The maximum Gasteiger partial charge on any atom is 0.379 e. The Hall–Kier alpha value is -1.13. The summed E-state index contributed by atoms with van der Waals surface area (Å²) in [5, 5.41) is 19.2. The normalized spacial score (nSPS) is 12.2.